The number of ketones is 1. The van der Waals surface area contributed by atoms with E-state index in [2.05, 4.69) is 15.9 Å². The fourth-order valence-electron chi connectivity index (χ4n) is 3.30. The van der Waals surface area contributed by atoms with Crippen LogP contribution < -0.4 is 9.64 Å². The van der Waals surface area contributed by atoms with Crippen LogP contribution >= 0.6 is 15.9 Å². The Kier molecular flexibility index (Phi) is 4.24. The van der Waals surface area contributed by atoms with E-state index in [1.54, 1.807) is 6.07 Å². The van der Waals surface area contributed by atoms with Crippen molar-refractivity contribution in [2.24, 2.45) is 0 Å². The second kappa shape index (κ2) is 6.57. The molecule has 0 bridgehead atoms. The lowest BCUT2D eigenvalue weighted by molar-refractivity contribution is -0.114. The predicted molar refractivity (Wildman–Crippen MR) is 105 cm³/mol. The summed E-state index contributed by atoms with van der Waals surface area (Å²) in [5.41, 5.74) is 2.02. The number of hydrogen-bond donors (Lipinski definition) is 0. The molecule has 0 unspecified atom stereocenters. The summed E-state index contributed by atoms with van der Waals surface area (Å²) in [6, 6.07) is 17.5. The highest BCUT2D eigenvalue weighted by atomic mass is 79.9. The van der Waals surface area contributed by atoms with E-state index in [0.717, 1.165) is 26.6 Å². The number of hydrogen-bond acceptors (Lipinski definition) is 3. The third kappa shape index (κ3) is 2.78. The number of rotatable bonds is 4. The summed E-state index contributed by atoms with van der Waals surface area (Å²) in [6.07, 6.45) is 0. The molecule has 5 heteroatoms. The number of carbonyl (C=O) groups is 2. The molecule has 4 rings (SSSR count). The van der Waals surface area contributed by atoms with Gasteiger partial charge in [0.25, 0.3) is 11.7 Å². The fourth-order valence-corrected chi connectivity index (χ4v) is 4.09. The molecule has 0 N–H and O–H groups in total. The molecule has 26 heavy (non-hydrogen) atoms. The number of carbonyl (C=O) groups excluding carboxylic acids is 2. The van der Waals surface area contributed by atoms with Gasteiger partial charge in [-0.3, -0.25) is 9.59 Å². The van der Waals surface area contributed by atoms with Gasteiger partial charge in [-0.2, -0.15) is 0 Å². The van der Waals surface area contributed by atoms with Crippen LogP contribution in [0.4, 0.5) is 5.69 Å². The topological polar surface area (TPSA) is 46.6 Å². The SMILES string of the molecule is Cc1cc(Br)c2c(c1)C(=O)C(=O)N2CCOc1cccc2ccccc12. The summed E-state index contributed by atoms with van der Waals surface area (Å²) in [5.74, 6) is -0.202. The van der Waals surface area contributed by atoms with Gasteiger partial charge in [0.2, 0.25) is 0 Å². The normalized spacial score (nSPS) is 13.4. The van der Waals surface area contributed by atoms with Crippen molar-refractivity contribution in [1.82, 2.24) is 0 Å². The van der Waals surface area contributed by atoms with Crippen LogP contribution in [0.15, 0.2) is 59.1 Å². The van der Waals surface area contributed by atoms with Gasteiger partial charge in [-0.1, -0.05) is 36.4 Å². The molecule has 0 aliphatic carbocycles. The first-order valence-electron chi connectivity index (χ1n) is 8.33. The Morgan fingerprint density at radius 1 is 1.04 bits per heavy atom. The molecule has 0 atom stereocenters. The first-order chi connectivity index (χ1) is 12.6. The van der Waals surface area contributed by atoms with E-state index in [-0.39, 0.29) is 0 Å². The van der Waals surface area contributed by atoms with Crippen molar-refractivity contribution >= 4 is 44.1 Å². The average molecular weight is 410 g/mol. The molecule has 0 radical (unpaired) electrons. The molecule has 1 aliphatic heterocycles. The molecule has 3 aromatic carbocycles. The van der Waals surface area contributed by atoms with Gasteiger partial charge in [0.05, 0.1) is 17.8 Å². The van der Waals surface area contributed by atoms with E-state index < -0.39 is 11.7 Å². The maximum Gasteiger partial charge on any atom is 0.299 e. The Balaban J connectivity index is 1.56. The summed E-state index contributed by atoms with van der Waals surface area (Å²) in [5, 5.41) is 2.12. The van der Waals surface area contributed by atoms with Crippen LogP contribution in [-0.2, 0) is 4.79 Å². The Bertz CT molecular complexity index is 1040. The van der Waals surface area contributed by atoms with Gasteiger partial charge in [0, 0.05) is 9.86 Å². The van der Waals surface area contributed by atoms with E-state index in [4.69, 9.17) is 4.74 Å². The zero-order valence-corrected chi connectivity index (χ0v) is 15.7. The van der Waals surface area contributed by atoms with Crippen LogP contribution in [0.2, 0.25) is 0 Å². The minimum Gasteiger partial charge on any atom is -0.491 e. The predicted octanol–water partition coefficient (Wildman–Crippen LogP) is 4.52. The van der Waals surface area contributed by atoms with Crippen LogP contribution in [0, 0.1) is 6.92 Å². The van der Waals surface area contributed by atoms with Crippen molar-refractivity contribution in [1.29, 1.82) is 0 Å². The number of fused-ring (bicyclic) bond motifs is 2. The third-order valence-corrected chi connectivity index (χ3v) is 5.09. The Labute approximate surface area is 159 Å². The molecule has 4 nitrogen and oxygen atoms in total. The van der Waals surface area contributed by atoms with Crippen molar-refractivity contribution in [3.63, 3.8) is 0 Å². The fraction of sp³-hybridized carbons (Fsp3) is 0.143. The molecule has 0 fully saturated rings. The van der Waals surface area contributed by atoms with Crippen molar-refractivity contribution in [3.05, 3.63) is 70.2 Å². The molecule has 3 aromatic rings. The van der Waals surface area contributed by atoms with Gasteiger partial charge in [0.15, 0.2) is 0 Å². The van der Waals surface area contributed by atoms with Crippen molar-refractivity contribution in [3.8, 4) is 5.75 Å². The first-order valence-corrected chi connectivity index (χ1v) is 9.12. The van der Waals surface area contributed by atoms with E-state index in [1.165, 1.54) is 4.90 Å². The minimum absolute atomic E-state index is 0.298. The zero-order chi connectivity index (χ0) is 18.3. The Hall–Kier alpha value is -2.66. The number of ether oxygens (including phenoxy) is 1. The van der Waals surface area contributed by atoms with Crippen LogP contribution in [-0.4, -0.2) is 24.8 Å². The summed E-state index contributed by atoms with van der Waals surface area (Å²) >= 11 is 3.48. The van der Waals surface area contributed by atoms with Gasteiger partial charge >= 0.3 is 0 Å². The largest absolute Gasteiger partial charge is 0.491 e. The molecule has 1 amide bonds. The third-order valence-electron chi connectivity index (χ3n) is 4.48. The van der Waals surface area contributed by atoms with Gasteiger partial charge in [-0.05, 0) is 52.0 Å². The molecule has 0 spiro atoms. The van der Waals surface area contributed by atoms with Gasteiger partial charge < -0.3 is 9.64 Å². The van der Waals surface area contributed by atoms with Crippen LogP contribution in [0.25, 0.3) is 10.8 Å². The highest BCUT2D eigenvalue weighted by molar-refractivity contribution is 9.10. The van der Waals surface area contributed by atoms with Crippen molar-refractivity contribution < 1.29 is 14.3 Å². The maximum atomic E-state index is 12.4. The van der Waals surface area contributed by atoms with Crippen molar-refractivity contribution in [2.45, 2.75) is 6.92 Å². The van der Waals surface area contributed by atoms with Crippen LogP contribution in [0.3, 0.4) is 0 Å². The molecular formula is C21H16BrNO3. The lowest BCUT2D eigenvalue weighted by Crippen LogP contribution is -2.33. The summed E-state index contributed by atoms with van der Waals surface area (Å²) in [7, 11) is 0. The number of Topliss-reactive ketones (excluding diaryl/α,β-unsaturated/α-hetero) is 1. The Morgan fingerprint density at radius 2 is 1.81 bits per heavy atom. The maximum absolute atomic E-state index is 12.4. The van der Waals surface area contributed by atoms with Gasteiger partial charge in [-0.25, -0.2) is 0 Å². The molecule has 1 aliphatic rings. The number of anilines is 1. The standard InChI is InChI=1S/C21H16BrNO3/c1-13-11-16-19(17(22)12-13)23(21(25)20(16)24)9-10-26-18-8-4-6-14-5-2-3-7-15(14)18/h2-8,11-12H,9-10H2,1H3. The van der Waals surface area contributed by atoms with Crippen LogP contribution in [0.5, 0.6) is 5.75 Å². The highest BCUT2D eigenvalue weighted by Gasteiger charge is 2.37. The molecule has 0 aromatic heterocycles. The van der Waals surface area contributed by atoms with E-state index in [9.17, 15) is 9.59 Å². The lowest BCUT2D eigenvalue weighted by atomic mass is 10.1. The lowest BCUT2D eigenvalue weighted by Gasteiger charge is -2.18. The smallest absolute Gasteiger partial charge is 0.299 e. The molecule has 0 saturated heterocycles. The second-order valence-electron chi connectivity index (χ2n) is 6.25. The number of aryl methyl sites for hydroxylation is 1. The summed E-state index contributed by atoms with van der Waals surface area (Å²) in [4.78, 5) is 26.1. The average Bonchev–Trinajstić information content (AvgIpc) is 2.87. The second-order valence-corrected chi connectivity index (χ2v) is 7.11. The first kappa shape index (κ1) is 16.8. The van der Waals surface area contributed by atoms with Gasteiger partial charge in [-0.15, -0.1) is 0 Å². The number of halogens is 1. The van der Waals surface area contributed by atoms with Crippen molar-refractivity contribution in [2.75, 3.05) is 18.1 Å². The number of benzene rings is 3. The van der Waals surface area contributed by atoms with Gasteiger partial charge in [0.1, 0.15) is 12.4 Å². The van der Waals surface area contributed by atoms with E-state index in [0.29, 0.717) is 24.4 Å². The summed E-state index contributed by atoms with van der Waals surface area (Å²) < 4.78 is 6.67. The minimum atomic E-state index is -0.507. The van der Waals surface area contributed by atoms with E-state index >= 15 is 0 Å². The Morgan fingerprint density at radius 3 is 2.65 bits per heavy atom. The molecule has 130 valence electrons. The van der Waals surface area contributed by atoms with E-state index in [1.807, 2.05) is 55.5 Å². The monoisotopic (exact) mass is 409 g/mol. The molecule has 1 heterocycles. The molecular weight excluding hydrogens is 394 g/mol. The quantitative estimate of drug-likeness (QED) is 0.595. The molecule has 0 saturated carbocycles. The highest BCUT2D eigenvalue weighted by Crippen LogP contribution is 2.37. The summed E-state index contributed by atoms with van der Waals surface area (Å²) in [6.45, 7) is 2.50. The number of amides is 1. The van der Waals surface area contributed by atoms with Crippen LogP contribution in [0.1, 0.15) is 15.9 Å². The number of nitrogens with zero attached hydrogens (tertiary/aromatic N) is 1. The zero-order valence-electron chi connectivity index (χ0n) is 14.2.